The first-order valence-corrected chi connectivity index (χ1v) is 6.69. The van der Waals surface area contributed by atoms with Crippen LogP contribution in [-0.4, -0.2) is 47.0 Å². The Morgan fingerprint density at radius 3 is 2.61 bits per heavy atom. The molecule has 2 heterocycles. The summed E-state index contributed by atoms with van der Waals surface area (Å²) in [7, 11) is 2.21. The molecule has 0 aromatic carbocycles. The van der Waals surface area contributed by atoms with Crippen LogP contribution in [0.1, 0.15) is 25.1 Å². The summed E-state index contributed by atoms with van der Waals surface area (Å²) < 4.78 is 0. The van der Waals surface area contributed by atoms with Gasteiger partial charge >= 0.3 is 0 Å². The van der Waals surface area contributed by atoms with Crippen molar-refractivity contribution >= 4 is 0 Å². The van der Waals surface area contributed by atoms with Crippen molar-refractivity contribution < 1.29 is 0 Å². The van der Waals surface area contributed by atoms with Crippen molar-refractivity contribution in [2.45, 2.75) is 39.0 Å². The highest BCUT2D eigenvalue weighted by atomic mass is 15.3. The summed E-state index contributed by atoms with van der Waals surface area (Å²) >= 11 is 0. The summed E-state index contributed by atoms with van der Waals surface area (Å²) in [4.78, 5) is 9.40. The molecular weight excluding hydrogens is 224 g/mol. The summed E-state index contributed by atoms with van der Waals surface area (Å²) in [6.45, 7) is 8.25. The Hall–Kier alpha value is -0.970. The summed E-state index contributed by atoms with van der Waals surface area (Å²) in [5, 5.41) is 0. The maximum absolute atomic E-state index is 5.77. The van der Waals surface area contributed by atoms with Crippen LogP contribution in [0.5, 0.6) is 0 Å². The van der Waals surface area contributed by atoms with Gasteiger partial charge in [-0.2, -0.15) is 0 Å². The summed E-state index contributed by atoms with van der Waals surface area (Å²) in [5.41, 5.74) is 8.06. The molecule has 0 saturated carbocycles. The molecule has 2 unspecified atom stereocenters. The first-order chi connectivity index (χ1) is 8.61. The zero-order valence-electron chi connectivity index (χ0n) is 11.6. The molecule has 100 valence electrons. The van der Waals surface area contributed by atoms with E-state index in [-0.39, 0.29) is 0 Å². The van der Waals surface area contributed by atoms with Crippen molar-refractivity contribution in [3.8, 4) is 0 Å². The Morgan fingerprint density at radius 2 is 2.00 bits per heavy atom. The second-order valence-electron chi connectivity index (χ2n) is 5.37. The molecule has 4 heteroatoms. The smallest absolute Gasteiger partial charge is 0.0588 e. The van der Waals surface area contributed by atoms with E-state index in [1.54, 1.807) is 0 Å². The second kappa shape index (κ2) is 5.78. The molecule has 1 aromatic heterocycles. The van der Waals surface area contributed by atoms with Crippen molar-refractivity contribution in [3.63, 3.8) is 0 Å². The van der Waals surface area contributed by atoms with Crippen LogP contribution in [0.4, 0.5) is 0 Å². The highest BCUT2D eigenvalue weighted by Crippen LogP contribution is 2.16. The van der Waals surface area contributed by atoms with E-state index in [9.17, 15) is 0 Å². The van der Waals surface area contributed by atoms with E-state index in [4.69, 9.17) is 5.73 Å². The number of piperazine rings is 1. The highest BCUT2D eigenvalue weighted by Gasteiger charge is 2.26. The van der Waals surface area contributed by atoms with Crippen LogP contribution in [0.25, 0.3) is 0 Å². The first-order valence-electron chi connectivity index (χ1n) is 6.69. The van der Waals surface area contributed by atoms with Crippen molar-refractivity contribution in [3.05, 3.63) is 29.6 Å². The van der Waals surface area contributed by atoms with Gasteiger partial charge in [0.05, 0.1) is 5.69 Å². The molecule has 2 N–H and O–H groups in total. The number of pyridine rings is 1. The lowest BCUT2D eigenvalue weighted by Gasteiger charge is -2.42. The topological polar surface area (TPSA) is 45.4 Å². The van der Waals surface area contributed by atoms with Gasteiger partial charge in [-0.05, 0) is 32.5 Å². The number of likely N-dealkylation sites (N-methyl/N-ethyl adjacent to an activating group) is 1. The Labute approximate surface area is 110 Å². The van der Waals surface area contributed by atoms with Crippen molar-refractivity contribution in [2.24, 2.45) is 5.73 Å². The predicted octanol–water partition coefficient (Wildman–Crippen LogP) is 1.06. The van der Waals surface area contributed by atoms with Crippen LogP contribution in [0, 0.1) is 0 Å². The molecule has 1 saturated heterocycles. The van der Waals surface area contributed by atoms with E-state index < -0.39 is 0 Å². The molecule has 0 bridgehead atoms. The number of aromatic nitrogens is 1. The predicted molar refractivity (Wildman–Crippen MR) is 74.1 cm³/mol. The van der Waals surface area contributed by atoms with Gasteiger partial charge in [-0.3, -0.25) is 14.8 Å². The molecule has 0 amide bonds. The number of hydrogen-bond acceptors (Lipinski definition) is 4. The van der Waals surface area contributed by atoms with E-state index >= 15 is 0 Å². The largest absolute Gasteiger partial charge is 0.326 e. The lowest BCUT2D eigenvalue weighted by molar-refractivity contribution is 0.0548. The normalized spacial score (nSPS) is 26.4. The molecule has 1 aromatic rings. The number of nitrogens with zero attached hydrogens (tertiary/aromatic N) is 3. The second-order valence-corrected chi connectivity index (χ2v) is 5.37. The Morgan fingerprint density at radius 1 is 1.33 bits per heavy atom. The minimum Gasteiger partial charge on any atom is -0.326 e. The van der Waals surface area contributed by atoms with Gasteiger partial charge in [-0.15, -0.1) is 0 Å². The average Bonchev–Trinajstić information content (AvgIpc) is 2.36. The molecule has 0 aliphatic carbocycles. The maximum atomic E-state index is 5.77. The van der Waals surface area contributed by atoms with Gasteiger partial charge in [0.25, 0.3) is 0 Å². The maximum Gasteiger partial charge on any atom is 0.0588 e. The molecular formula is C14H24N4. The van der Waals surface area contributed by atoms with E-state index in [0.717, 1.165) is 30.9 Å². The van der Waals surface area contributed by atoms with Crippen LogP contribution in [-0.2, 0) is 13.1 Å². The molecule has 2 rings (SSSR count). The highest BCUT2D eigenvalue weighted by molar-refractivity contribution is 5.19. The molecule has 1 aliphatic rings. The van der Waals surface area contributed by atoms with Gasteiger partial charge in [0.2, 0.25) is 0 Å². The Bertz CT molecular complexity index is 381. The summed E-state index contributed by atoms with van der Waals surface area (Å²) in [6, 6.07) is 5.23. The van der Waals surface area contributed by atoms with E-state index in [0.29, 0.717) is 18.6 Å². The van der Waals surface area contributed by atoms with Crippen molar-refractivity contribution in [1.29, 1.82) is 0 Å². The fourth-order valence-electron chi connectivity index (χ4n) is 2.65. The number of nitrogens with two attached hydrogens (primary N) is 1. The zero-order valence-corrected chi connectivity index (χ0v) is 11.6. The van der Waals surface area contributed by atoms with E-state index in [1.165, 1.54) is 0 Å². The average molecular weight is 248 g/mol. The van der Waals surface area contributed by atoms with Crippen LogP contribution in [0.15, 0.2) is 18.3 Å². The van der Waals surface area contributed by atoms with E-state index in [2.05, 4.69) is 41.7 Å². The fraction of sp³-hybridized carbons (Fsp3) is 0.643. The summed E-state index contributed by atoms with van der Waals surface area (Å²) in [5.74, 6) is 0. The molecule has 1 fully saturated rings. The first kappa shape index (κ1) is 13.5. The molecule has 2 atom stereocenters. The SMILES string of the molecule is CC1CN(Cc2ncccc2CN)CC(C)N1C. The van der Waals surface area contributed by atoms with Crippen molar-refractivity contribution in [1.82, 2.24) is 14.8 Å². The molecule has 4 nitrogen and oxygen atoms in total. The molecule has 18 heavy (non-hydrogen) atoms. The Kier molecular flexibility index (Phi) is 4.32. The monoisotopic (exact) mass is 248 g/mol. The van der Waals surface area contributed by atoms with Crippen molar-refractivity contribution in [2.75, 3.05) is 20.1 Å². The van der Waals surface area contributed by atoms with Crippen LogP contribution < -0.4 is 5.73 Å². The van der Waals surface area contributed by atoms with Crippen LogP contribution in [0.3, 0.4) is 0 Å². The molecule has 1 aliphatic heterocycles. The van der Waals surface area contributed by atoms with Gasteiger partial charge in [0, 0.05) is 44.5 Å². The van der Waals surface area contributed by atoms with Gasteiger partial charge < -0.3 is 5.73 Å². The fourth-order valence-corrected chi connectivity index (χ4v) is 2.65. The lowest BCUT2D eigenvalue weighted by Crippen LogP contribution is -2.54. The minimum absolute atomic E-state index is 0.571. The minimum atomic E-state index is 0.571. The quantitative estimate of drug-likeness (QED) is 0.869. The molecule has 0 radical (unpaired) electrons. The van der Waals surface area contributed by atoms with Gasteiger partial charge in [-0.1, -0.05) is 6.07 Å². The Balaban J connectivity index is 2.05. The zero-order chi connectivity index (χ0) is 13.1. The number of rotatable bonds is 3. The van der Waals surface area contributed by atoms with Crippen LogP contribution in [0.2, 0.25) is 0 Å². The lowest BCUT2D eigenvalue weighted by atomic mass is 10.1. The third-order valence-electron chi connectivity index (χ3n) is 4.01. The molecule has 0 spiro atoms. The third kappa shape index (κ3) is 2.88. The van der Waals surface area contributed by atoms with E-state index in [1.807, 2.05) is 12.3 Å². The standard InChI is InChI=1S/C14H24N4/c1-11-8-18(9-12(2)17(11)3)10-14-13(7-15)5-4-6-16-14/h4-6,11-12H,7-10,15H2,1-3H3. The third-order valence-corrected chi connectivity index (χ3v) is 4.01. The van der Waals surface area contributed by atoms with Gasteiger partial charge in [0.15, 0.2) is 0 Å². The van der Waals surface area contributed by atoms with Gasteiger partial charge in [0.1, 0.15) is 0 Å². The van der Waals surface area contributed by atoms with Gasteiger partial charge in [-0.25, -0.2) is 0 Å². The summed E-state index contributed by atoms with van der Waals surface area (Å²) in [6.07, 6.45) is 1.86. The van der Waals surface area contributed by atoms with Crippen LogP contribution >= 0.6 is 0 Å². The number of hydrogen-bond donors (Lipinski definition) is 1.